The molecule has 0 aliphatic heterocycles. The predicted octanol–water partition coefficient (Wildman–Crippen LogP) is 1.99. The van der Waals surface area contributed by atoms with Gasteiger partial charge >= 0.3 is 0 Å². The van der Waals surface area contributed by atoms with Crippen molar-refractivity contribution in [1.29, 1.82) is 0 Å². The molecule has 1 aliphatic carbocycles. The van der Waals surface area contributed by atoms with Crippen LogP contribution in [0.15, 0.2) is 24.8 Å². The van der Waals surface area contributed by atoms with E-state index in [-0.39, 0.29) is 5.91 Å². The van der Waals surface area contributed by atoms with Gasteiger partial charge in [0.2, 0.25) is 5.91 Å². The molecule has 0 saturated carbocycles. The number of benzene rings is 1. The highest BCUT2D eigenvalue weighted by Gasteiger charge is 2.23. The Kier molecular flexibility index (Phi) is 5.48. The van der Waals surface area contributed by atoms with Crippen LogP contribution < -0.4 is 15.5 Å². The quantitative estimate of drug-likeness (QED) is 0.614. The van der Waals surface area contributed by atoms with E-state index in [2.05, 4.69) is 18.0 Å². The van der Waals surface area contributed by atoms with Gasteiger partial charge in [0.1, 0.15) is 20.2 Å². The van der Waals surface area contributed by atoms with Crippen molar-refractivity contribution in [2.45, 2.75) is 38.5 Å². The molecule has 1 amide bonds. The lowest BCUT2D eigenvalue weighted by molar-refractivity contribution is -0.120. The molecule has 0 bridgehead atoms. The molecule has 0 aromatic heterocycles. The maximum atomic E-state index is 11.3. The van der Waals surface area contributed by atoms with Crippen LogP contribution in [0.1, 0.15) is 43.2 Å². The lowest BCUT2D eigenvalue weighted by Gasteiger charge is -2.15. The Bertz CT molecular complexity index is 528. The maximum absolute atomic E-state index is 11.3. The monoisotopic (exact) mass is 283 g/mol. The molecule has 1 N–H and O–H groups in total. The fourth-order valence-electron chi connectivity index (χ4n) is 2.83. The number of carbonyl (C=O) groups excluding carboxylic acids is 1. The van der Waals surface area contributed by atoms with Crippen LogP contribution in [0.3, 0.4) is 0 Å². The van der Waals surface area contributed by atoms with Crippen molar-refractivity contribution in [1.82, 2.24) is 5.32 Å². The van der Waals surface area contributed by atoms with Gasteiger partial charge in [0, 0.05) is 13.0 Å². The minimum Gasteiger partial charge on any atom is -0.490 e. The first-order chi connectivity index (χ1) is 10.2. The molecule has 21 heavy (non-hydrogen) atoms. The number of amides is 1. The van der Waals surface area contributed by atoms with Crippen molar-refractivity contribution in [2.24, 2.45) is 0 Å². The molecule has 2 radical (unpaired) electrons. The third kappa shape index (κ3) is 3.90. The number of ether oxygens (including phenoxy) is 1. The molecule has 0 fully saturated rings. The first kappa shape index (κ1) is 15.7. The van der Waals surface area contributed by atoms with Crippen molar-refractivity contribution in [3.63, 3.8) is 0 Å². The number of fused-ring (bicyclic) bond motifs is 1. The van der Waals surface area contributed by atoms with Crippen LogP contribution in [0.25, 0.3) is 0 Å². The molecule has 0 unspecified atom stereocenters. The lowest BCUT2D eigenvalue weighted by atomic mass is 9.89. The minimum atomic E-state index is 0.112. The van der Waals surface area contributed by atoms with E-state index < -0.39 is 0 Å². The SMILES string of the molecule is [B]c1cc2c(cc1OCC=C)[C@H](CCNC(=O)CC)CC2. The summed E-state index contributed by atoms with van der Waals surface area (Å²) >= 11 is 0. The summed E-state index contributed by atoms with van der Waals surface area (Å²) in [4.78, 5) is 11.3. The van der Waals surface area contributed by atoms with Crippen LogP contribution in [-0.2, 0) is 11.2 Å². The van der Waals surface area contributed by atoms with Gasteiger partial charge in [0.25, 0.3) is 0 Å². The van der Waals surface area contributed by atoms with Gasteiger partial charge in [-0.05, 0) is 42.4 Å². The van der Waals surface area contributed by atoms with Crippen molar-refractivity contribution in [3.05, 3.63) is 35.9 Å². The van der Waals surface area contributed by atoms with Crippen LogP contribution in [0, 0.1) is 0 Å². The van der Waals surface area contributed by atoms with Crippen LogP contribution in [-0.4, -0.2) is 26.9 Å². The Labute approximate surface area is 128 Å². The largest absolute Gasteiger partial charge is 0.490 e. The molecule has 2 rings (SSSR count). The average molecular weight is 283 g/mol. The van der Waals surface area contributed by atoms with E-state index in [1.807, 2.05) is 13.0 Å². The molecule has 1 atom stereocenters. The van der Waals surface area contributed by atoms with E-state index in [9.17, 15) is 4.79 Å². The van der Waals surface area contributed by atoms with Crippen LogP contribution in [0.4, 0.5) is 0 Å². The highest BCUT2D eigenvalue weighted by molar-refractivity contribution is 6.34. The van der Waals surface area contributed by atoms with Gasteiger partial charge in [-0.15, -0.1) is 0 Å². The van der Waals surface area contributed by atoms with Gasteiger partial charge in [-0.2, -0.15) is 0 Å². The van der Waals surface area contributed by atoms with E-state index >= 15 is 0 Å². The summed E-state index contributed by atoms with van der Waals surface area (Å²) in [5, 5.41) is 2.94. The molecule has 1 aromatic carbocycles. The second kappa shape index (κ2) is 7.35. The van der Waals surface area contributed by atoms with Crippen LogP contribution >= 0.6 is 0 Å². The molecular formula is C17H22BNO2. The lowest BCUT2D eigenvalue weighted by Crippen LogP contribution is -2.24. The van der Waals surface area contributed by atoms with Crippen molar-refractivity contribution in [3.8, 4) is 5.75 Å². The minimum absolute atomic E-state index is 0.112. The molecule has 110 valence electrons. The summed E-state index contributed by atoms with van der Waals surface area (Å²) in [6.45, 7) is 6.70. The molecule has 0 heterocycles. The first-order valence-electron chi connectivity index (χ1n) is 7.58. The Morgan fingerprint density at radius 1 is 1.57 bits per heavy atom. The third-order valence-corrected chi connectivity index (χ3v) is 3.97. The molecule has 1 aliphatic rings. The number of nitrogens with one attached hydrogen (secondary N) is 1. The van der Waals surface area contributed by atoms with Gasteiger partial charge in [0.15, 0.2) is 0 Å². The molecular weight excluding hydrogens is 261 g/mol. The Morgan fingerprint density at radius 3 is 3.10 bits per heavy atom. The summed E-state index contributed by atoms with van der Waals surface area (Å²) in [5.41, 5.74) is 3.31. The predicted molar refractivity (Wildman–Crippen MR) is 86.5 cm³/mol. The number of carbonyl (C=O) groups is 1. The number of rotatable bonds is 7. The van der Waals surface area contributed by atoms with E-state index in [1.165, 1.54) is 11.1 Å². The van der Waals surface area contributed by atoms with Gasteiger partial charge in [-0.25, -0.2) is 0 Å². The number of hydrogen-bond donors (Lipinski definition) is 1. The van der Waals surface area contributed by atoms with E-state index in [0.29, 0.717) is 24.4 Å². The highest BCUT2D eigenvalue weighted by Crippen LogP contribution is 2.36. The van der Waals surface area contributed by atoms with Crippen molar-refractivity contribution >= 4 is 19.2 Å². The van der Waals surface area contributed by atoms with E-state index in [1.54, 1.807) is 6.08 Å². The Morgan fingerprint density at radius 2 is 2.38 bits per heavy atom. The topological polar surface area (TPSA) is 38.3 Å². The van der Waals surface area contributed by atoms with Crippen LogP contribution in [0.5, 0.6) is 5.75 Å². The third-order valence-electron chi connectivity index (χ3n) is 3.97. The fraction of sp³-hybridized carbons (Fsp3) is 0.471. The highest BCUT2D eigenvalue weighted by atomic mass is 16.5. The normalized spacial score (nSPS) is 16.3. The van der Waals surface area contributed by atoms with E-state index in [0.717, 1.165) is 31.6 Å². The second-order valence-corrected chi connectivity index (χ2v) is 5.42. The van der Waals surface area contributed by atoms with Gasteiger partial charge in [0.05, 0.1) is 0 Å². The molecule has 0 saturated heterocycles. The average Bonchev–Trinajstić information content (AvgIpc) is 2.86. The molecule has 3 nitrogen and oxygen atoms in total. The summed E-state index contributed by atoms with van der Waals surface area (Å²) in [7, 11) is 6.02. The van der Waals surface area contributed by atoms with E-state index in [4.69, 9.17) is 12.6 Å². The molecule has 0 spiro atoms. The fourth-order valence-corrected chi connectivity index (χ4v) is 2.83. The summed E-state index contributed by atoms with van der Waals surface area (Å²) in [6, 6.07) is 4.09. The van der Waals surface area contributed by atoms with Crippen molar-refractivity contribution < 1.29 is 9.53 Å². The maximum Gasteiger partial charge on any atom is 0.219 e. The Balaban J connectivity index is 2.03. The second-order valence-electron chi connectivity index (χ2n) is 5.42. The number of hydrogen-bond acceptors (Lipinski definition) is 2. The van der Waals surface area contributed by atoms with Crippen LogP contribution in [0.2, 0.25) is 0 Å². The standard InChI is InChI=1S/C17H22BNO2/c1-3-9-21-16-11-14-12(7-8-19-17(20)4-2)5-6-13(14)10-15(16)18/h3,10-12H,1,4-9H2,2H3,(H,19,20)/t12-/m0/s1. The molecule has 1 aromatic rings. The number of aryl methyl sites for hydroxylation is 1. The van der Waals surface area contributed by atoms with Gasteiger partial charge in [-0.1, -0.05) is 31.1 Å². The summed E-state index contributed by atoms with van der Waals surface area (Å²) in [6.07, 6.45) is 5.38. The van der Waals surface area contributed by atoms with Gasteiger partial charge in [-0.3, -0.25) is 4.79 Å². The molecule has 4 heteroatoms. The van der Waals surface area contributed by atoms with Crippen molar-refractivity contribution in [2.75, 3.05) is 13.2 Å². The zero-order valence-electron chi connectivity index (χ0n) is 12.7. The zero-order valence-corrected chi connectivity index (χ0v) is 12.7. The van der Waals surface area contributed by atoms with Gasteiger partial charge < -0.3 is 10.1 Å². The summed E-state index contributed by atoms with van der Waals surface area (Å²) < 4.78 is 5.61. The first-order valence-corrected chi connectivity index (χ1v) is 7.58. The Hall–Kier alpha value is -1.71. The zero-order chi connectivity index (χ0) is 15.2. The summed E-state index contributed by atoms with van der Waals surface area (Å²) in [5.74, 6) is 1.32. The smallest absolute Gasteiger partial charge is 0.219 e.